The molecular formula is C11H15NO4S. The predicted octanol–water partition coefficient (Wildman–Crippen LogP) is 1.53. The zero-order valence-electron chi connectivity index (χ0n) is 9.59. The minimum absolute atomic E-state index is 0.0651. The van der Waals surface area contributed by atoms with E-state index in [9.17, 15) is 4.79 Å². The maximum atomic E-state index is 10.7. The second-order valence-electron chi connectivity index (χ2n) is 3.14. The Labute approximate surface area is 104 Å². The van der Waals surface area contributed by atoms with E-state index in [1.807, 2.05) is 0 Å². The van der Waals surface area contributed by atoms with Gasteiger partial charge in [0.15, 0.2) is 0 Å². The van der Waals surface area contributed by atoms with E-state index in [1.165, 1.54) is 6.20 Å². The molecule has 0 aliphatic rings. The minimum atomic E-state index is -1.01. The molecule has 0 bridgehead atoms. The normalized spacial score (nSPS) is 10.4. The second kappa shape index (κ2) is 8.05. The van der Waals surface area contributed by atoms with E-state index in [1.54, 1.807) is 31.0 Å². The highest BCUT2D eigenvalue weighted by Gasteiger charge is 2.04. The van der Waals surface area contributed by atoms with Gasteiger partial charge in [0.05, 0.1) is 19.8 Å². The number of thioether (sulfide) groups is 1. The van der Waals surface area contributed by atoms with Crippen LogP contribution in [0.25, 0.3) is 0 Å². The Morgan fingerprint density at radius 3 is 3.00 bits per heavy atom. The third-order valence-electron chi connectivity index (χ3n) is 1.88. The van der Waals surface area contributed by atoms with Crippen molar-refractivity contribution in [3.8, 4) is 0 Å². The molecule has 1 rings (SSSR count). The summed E-state index contributed by atoms with van der Waals surface area (Å²) in [6, 6.07) is 3.34. The summed E-state index contributed by atoms with van der Waals surface area (Å²) >= 11 is 1.54. The van der Waals surface area contributed by atoms with Crippen LogP contribution < -0.4 is 0 Å². The summed E-state index contributed by atoms with van der Waals surface area (Å²) in [5.41, 5.74) is 0.0651. The first-order valence-electron chi connectivity index (χ1n) is 5.13. The van der Waals surface area contributed by atoms with Crippen molar-refractivity contribution in [2.24, 2.45) is 0 Å². The second-order valence-corrected chi connectivity index (χ2v) is 4.30. The summed E-state index contributed by atoms with van der Waals surface area (Å²) in [6.07, 6.45) is 1.50. The number of methoxy groups -OCH3 is 1. The van der Waals surface area contributed by atoms with Crippen LogP contribution >= 0.6 is 11.8 Å². The smallest absolute Gasteiger partial charge is 0.354 e. The molecule has 17 heavy (non-hydrogen) atoms. The third-order valence-corrected chi connectivity index (χ3v) is 2.84. The molecule has 1 aromatic rings. The Balaban J connectivity index is 2.27. The van der Waals surface area contributed by atoms with Crippen molar-refractivity contribution in [2.45, 2.75) is 4.90 Å². The number of ether oxygens (including phenoxy) is 2. The third kappa shape index (κ3) is 5.67. The molecule has 0 unspecified atom stereocenters. The summed E-state index contributed by atoms with van der Waals surface area (Å²) in [5, 5.41) is 8.77. The van der Waals surface area contributed by atoms with Gasteiger partial charge in [-0.15, -0.1) is 11.8 Å². The van der Waals surface area contributed by atoms with Crippen LogP contribution in [0.2, 0.25) is 0 Å². The lowest BCUT2D eigenvalue weighted by Gasteiger charge is -2.04. The summed E-state index contributed by atoms with van der Waals surface area (Å²) in [5.74, 6) is -0.240. The molecule has 0 fully saturated rings. The lowest BCUT2D eigenvalue weighted by Crippen LogP contribution is -2.04. The van der Waals surface area contributed by atoms with E-state index in [0.29, 0.717) is 19.8 Å². The van der Waals surface area contributed by atoms with Gasteiger partial charge in [-0.2, -0.15) is 0 Å². The first-order valence-corrected chi connectivity index (χ1v) is 6.11. The van der Waals surface area contributed by atoms with Gasteiger partial charge in [0, 0.05) is 24.0 Å². The molecule has 1 aromatic heterocycles. The molecule has 0 aliphatic carbocycles. The van der Waals surface area contributed by atoms with Crippen LogP contribution in [0.5, 0.6) is 0 Å². The average Bonchev–Trinajstić information content (AvgIpc) is 2.34. The fraction of sp³-hybridized carbons (Fsp3) is 0.455. The Kier molecular flexibility index (Phi) is 6.61. The Morgan fingerprint density at radius 2 is 2.29 bits per heavy atom. The maximum Gasteiger partial charge on any atom is 0.354 e. The number of carbonyl (C=O) groups is 1. The standard InChI is InChI=1S/C11H15NO4S/c1-15-4-5-16-6-7-17-9-2-3-12-10(8-9)11(13)14/h2-3,8H,4-7H2,1H3,(H,13,14). The number of aromatic nitrogens is 1. The zero-order valence-corrected chi connectivity index (χ0v) is 10.4. The largest absolute Gasteiger partial charge is 0.477 e. The van der Waals surface area contributed by atoms with Gasteiger partial charge in [0.25, 0.3) is 0 Å². The molecule has 0 saturated carbocycles. The van der Waals surface area contributed by atoms with Crippen LogP contribution in [0.15, 0.2) is 23.2 Å². The number of carboxylic acids is 1. The molecule has 5 nitrogen and oxygen atoms in total. The first kappa shape index (κ1) is 14.0. The van der Waals surface area contributed by atoms with Gasteiger partial charge in [-0.3, -0.25) is 0 Å². The van der Waals surface area contributed by atoms with E-state index in [2.05, 4.69) is 4.98 Å². The average molecular weight is 257 g/mol. The quantitative estimate of drug-likeness (QED) is 0.562. The Bertz CT molecular complexity index is 359. The molecule has 0 aliphatic heterocycles. The highest BCUT2D eigenvalue weighted by Crippen LogP contribution is 2.17. The molecule has 0 atom stereocenters. The molecule has 1 N–H and O–H groups in total. The van der Waals surface area contributed by atoms with Gasteiger partial charge in [0.1, 0.15) is 5.69 Å². The van der Waals surface area contributed by atoms with E-state index in [0.717, 1.165) is 10.6 Å². The number of rotatable bonds is 8. The van der Waals surface area contributed by atoms with E-state index in [-0.39, 0.29) is 5.69 Å². The number of pyridine rings is 1. The molecule has 94 valence electrons. The molecule has 0 spiro atoms. The number of hydrogen-bond donors (Lipinski definition) is 1. The molecule has 6 heteroatoms. The highest BCUT2D eigenvalue weighted by atomic mass is 32.2. The lowest BCUT2D eigenvalue weighted by molar-refractivity contribution is 0.0690. The monoisotopic (exact) mass is 257 g/mol. The molecule has 1 heterocycles. The fourth-order valence-corrected chi connectivity index (χ4v) is 1.87. The SMILES string of the molecule is COCCOCCSc1ccnc(C(=O)O)c1. The number of nitrogens with zero attached hydrogens (tertiary/aromatic N) is 1. The van der Waals surface area contributed by atoms with Crippen molar-refractivity contribution >= 4 is 17.7 Å². The van der Waals surface area contributed by atoms with Gasteiger partial charge >= 0.3 is 5.97 Å². The van der Waals surface area contributed by atoms with Crippen LogP contribution in [-0.4, -0.2) is 48.7 Å². The maximum absolute atomic E-state index is 10.7. The number of hydrogen-bond acceptors (Lipinski definition) is 5. The molecule has 0 aromatic carbocycles. The first-order chi connectivity index (χ1) is 8.24. The fourth-order valence-electron chi connectivity index (χ4n) is 1.08. The summed E-state index contributed by atoms with van der Waals surface area (Å²) in [7, 11) is 1.63. The zero-order chi connectivity index (χ0) is 12.5. The van der Waals surface area contributed by atoms with E-state index >= 15 is 0 Å². The Hall–Kier alpha value is -1.11. The van der Waals surface area contributed by atoms with Crippen molar-refractivity contribution in [1.29, 1.82) is 0 Å². The molecule has 0 saturated heterocycles. The van der Waals surface area contributed by atoms with Crippen molar-refractivity contribution in [3.63, 3.8) is 0 Å². The van der Waals surface area contributed by atoms with Crippen molar-refractivity contribution in [2.75, 3.05) is 32.7 Å². The van der Waals surface area contributed by atoms with Gasteiger partial charge in [0.2, 0.25) is 0 Å². The van der Waals surface area contributed by atoms with Crippen LogP contribution in [-0.2, 0) is 9.47 Å². The number of aromatic carboxylic acids is 1. The molecule has 0 amide bonds. The number of carboxylic acid groups (broad SMARTS) is 1. The summed E-state index contributed by atoms with van der Waals surface area (Å²) < 4.78 is 10.1. The summed E-state index contributed by atoms with van der Waals surface area (Å²) in [6.45, 7) is 1.77. The van der Waals surface area contributed by atoms with Crippen molar-refractivity contribution in [1.82, 2.24) is 4.98 Å². The van der Waals surface area contributed by atoms with Gasteiger partial charge in [-0.05, 0) is 12.1 Å². The van der Waals surface area contributed by atoms with E-state index < -0.39 is 5.97 Å². The van der Waals surface area contributed by atoms with Crippen LogP contribution in [0.4, 0.5) is 0 Å². The summed E-state index contributed by atoms with van der Waals surface area (Å²) in [4.78, 5) is 15.3. The van der Waals surface area contributed by atoms with Gasteiger partial charge in [-0.25, -0.2) is 9.78 Å². The van der Waals surface area contributed by atoms with E-state index in [4.69, 9.17) is 14.6 Å². The van der Waals surface area contributed by atoms with Gasteiger partial charge in [-0.1, -0.05) is 0 Å². The van der Waals surface area contributed by atoms with Crippen molar-refractivity contribution < 1.29 is 19.4 Å². The molecular weight excluding hydrogens is 242 g/mol. The van der Waals surface area contributed by atoms with Crippen LogP contribution in [0, 0.1) is 0 Å². The minimum Gasteiger partial charge on any atom is -0.477 e. The molecule has 0 radical (unpaired) electrons. The van der Waals surface area contributed by atoms with Gasteiger partial charge < -0.3 is 14.6 Å². The lowest BCUT2D eigenvalue weighted by atomic mass is 10.3. The van der Waals surface area contributed by atoms with Crippen LogP contribution in [0.3, 0.4) is 0 Å². The topological polar surface area (TPSA) is 68.7 Å². The Morgan fingerprint density at radius 1 is 1.47 bits per heavy atom. The predicted molar refractivity (Wildman–Crippen MR) is 64.6 cm³/mol. The van der Waals surface area contributed by atoms with Crippen molar-refractivity contribution in [3.05, 3.63) is 24.0 Å². The van der Waals surface area contributed by atoms with Crippen LogP contribution in [0.1, 0.15) is 10.5 Å². The highest BCUT2D eigenvalue weighted by molar-refractivity contribution is 7.99.